The molecule has 1 aromatic rings. The Morgan fingerprint density at radius 3 is 2.80 bits per heavy atom. The summed E-state index contributed by atoms with van der Waals surface area (Å²) in [5, 5.41) is 3.67. The van der Waals surface area contributed by atoms with Crippen molar-refractivity contribution >= 4 is 0 Å². The third kappa shape index (κ3) is 4.90. The molecule has 0 amide bonds. The van der Waals surface area contributed by atoms with Crippen LogP contribution in [0.5, 0.6) is 0 Å². The summed E-state index contributed by atoms with van der Waals surface area (Å²) in [4.78, 5) is 0. The molecule has 1 aromatic carbocycles. The molecule has 112 valence electrons. The fourth-order valence-electron chi connectivity index (χ4n) is 3.31. The molecule has 0 heterocycles. The highest BCUT2D eigenvalue weighted by molar-refractivity contribution is 5.16. The third-order valence-corrected chi connectivity index (χ3v) is 4.69. The standard InChI is InChI=1S/C18H28FN/c1-14(2)16-6-4-8-18(10-9-16)20-12-11-15-5-3-7-17(19)13-15/h3,5,7,13-14,16,18,20H,4,6,8-12H2,1-2H3. The molecule has 1 aliphatic rings. The van der Waals surface area contributed by atoms with Gasteiger partial charge >= 0.3 is 0 Å². The fraction of sp³-hybridized carbons (Fsp3) is 0.667. The van der Waals surface area contributed by atoms with Crippen LogP contribution in [-0.2, 0) is 6.42 Å². The van der Waals surface area contributed by atoms with Crippen molar-refractivity contribution in [2.24, 2.45) is 11.8 Å². The van der Waals surface area contributed by atoms with E-state index in [0.717, 1.165) is 30.4 Å². The first-order chi connectivity index (χ1) is 9.65. The molecular formula is C18H28FN. The molecule has 1 aliphatic carbocycles. The quantitative estimate of drug-likeness (QED) is 0.778. The molecule has 2 heteroatoms. The highest BCUT2D eigenvalue weighted by Crippen LogP contribution is 2.28. The Morgan fingerprint density at radius 2 is 2.05 bits per heavy atom. The lowest BCUT2D eigenvalue weighted by molar-refractivity contribution is 0.338. The van der Waals surface area contributed by atoms with E-state index in [-0.39, 0.29) is 5.82 Å². The predicted octanol–water partition coefficient (Wildman–Crippen LogP) is 4.56. The van der Waals surface area contributed by atoms with Crippen molar-refractivity contribution in [3.8, 4) is 0 Å². The summed E-state index contributed by atoms with van der Waals surface area (Å²) in [6.45, 7) is 5.66. The van der Waals surface area contributed by atoms with Gasteiger partial charge in [0.1, 0.15) is 5.82 Å². The molecule has 0 spiro atoms. The summed E-state index contributed by atoms with van der Waals surface area (Å²) in [7, 11) is 0. The zero-order chi connectivity index (χ0) is 14.4. The van der Waals surface area contributed by atoms with E-state index in [9.17, 15) is 4.39 Å². The van der Waals surface area contributed by atoms with Gasteiger partial charge in [0.15, 0.2) is 0 Å². The van der Waals surface area contributed by atoms with E-state index in [2.05, 4.69) is 19.2 Å². The Morgan fingerprint density at radius 1 is 1.20 bits per heavy atom. The molecule has 1 saturated carbocycles. The number of hydrogen-bond acceptors (Lipinski definition) is 1. The molecular weight excluding hydrogens is 249 g/mol. The maximum absolute atomic E-state index is 13.1. The molecule has 0 aliphatic heterocycles. The smallest absolute Gasteiger partial charge is 0.123 e. The molecule has 0 radical (unpaired) electrons. The molecule has 0 saturated heterocycles. The maximum Gasteiger partial charge on any atom is 0.123 e. The minimum atomic E-state index is -0.128. The third-order valence-electron chi connectivity index (χ3n) is 4.69. The Balaban J connectivity index is 1.72. The van der Waals surface area contributed by atoms with Crippen LogP contribution in [0.2, 0.25) is 0 Å². The minimum absolute atomic E-state index is 0.128. The normalized spacial score (nSPS) is 23.8. The molecule has 2 unspecified atom stereocenters. The van der Waals surface area contributed by atoms with Crippen LogP contribution in [0.15, 0.2) is 24.3 Å². The molecule has 1 nitrogen and oxygen atoms in total. The lowest BCUT2D eigenvalue weighted by atomic mass is 9.89. The van der Waals surface area contributed by atoms with Crippen molar-refractivity contribution in [2.45, 2.75) is 58.4 Å². The van der Waals surface area contributed by atoms with Gasteiger partial charge in [-0.2, -0.15) is 0 Å². The Bertz CT molecular complexity index is 402. The van der Waals surface area contributed by atoms with Gasteiger partial charge in [-0.15, -0.1) is 0 Å². The van der Waals surface area contributed by atoms with Gasteiger partial charge in [0.25, 0.3) is 0 Å². The largest absolute Gasteiger partial charge is 0.314 e. The molecule has 0 bridgehead atoms. The first-order valence-electron chi connectivity index (χ1n) is 8.13. The van der Waals surface area contributed by atoms with E-state index < -0.39 is 0 Å². The number of rotatable bonds is 5. The number of nitrogens with one attached hydrogen (secondary N) is 1. The maximum atomic E-state index is 13.1. The van der Waals surface area contributed by atoms with Gasteiger partial charge in [-0.05, 0) is 61.8 Å². The number of hydrogen-bond donors (Lipinski definition) is 1. The number of halogens is 1. The zero-order valence-corrected chi connectivity index (χ0v) is 12.9. The summed E-state index contributed by atoms with van der Waals surface area (Å²) in [5.74, 6) is 1.60. The zero-order valence-electron chi connectivity index (χ0n) is 12.9. The lowest BCUT2D eigenvalue weighted by Crippen LogP contribution is -2.30. The Labute approximate surface area is 123 Å². The summed E-state index contributed by atoms with van der Waals surface area (Å²) in [6, 6.07) is 7.61. The van der Waals surface area contributed by atoms with Gasteiger partial charge in [0.05, 0.1) is 0 Å². The number of benzene rings is 1. The summed E-state index contributed by atoms with van der Waals surface area (Å²) >= 11 is 0. The van der Waals surface area contributed by atoms with E-state index in [0.29, 0.717) is 6.04 Å². The highest BCUT2D eigenvalue weighted by Gasteiger charge is 2.20. The van der Waals surface area contributed by atoms with Crippen LogP contribution in [0.1, 0.15) is 51.5 Å². The van der Waals surface area contributed by atoms with Crippen molar-refractivity contribution in [1.82, 2.24) is 5.32 Å². The summed E-state index contributed by atoms with van der Waals surface area (Å²) < 4.78 is 13.1. The average molecular weight is 277 g/mol. The Kier molecular flexibility index (Phi) is 6.03. The molecule has 20 heavy (non-hydrogen) atoms. The molecule has 1 fully saturated rings. The summed E-state index contributed by atoms with van der Waals surface area (Å²) in [5.41, 5.74) is 1.09. The van der Waals surface area contributed by atoms with Gasteiger partial charge < -0.3 is 5.32 Å². The predicted molar refractivity (Wildman–Crippen MR) is 83.3 cm³/mol. The van der Waals surface area contributed by atoms with E-state index >= 15 is 0 Å². The lowest BCUT2D eigenvalue weighted by Gasteiger charge is -2.19. The van der Waals surface area contributed by atoms with Crippen LogP contribution in [0.4, 0.5) is 4.39 Å². The van der Waals surface area contributed by atoms with Crippen LogP contribution in [0.25, 0.3) is 0 Å². The van der Waals surface area contributed by atoms with Gasteiger partial charge in [-0.1, -0.05) is 38.8 Å². The topological polar surface area (TPSA) is 12.0 Å². The average Bonchev–Trinajstić information content (AvgIpc) is 2.64. The van der Waals surface area contributed by atoms with Crippen LogP contribution in [0, 0.1) is 17.7 Å². The van der Waals surface area contributed by atoms with E-state index in [1.54, 1.807) is 12.1 Å². The van der Waals surface area contributed by atoms with Gasteiger partial charge in [0, 0.05) is 6.04 Å². The molecule has 2 rings (SSSR count). The van der Waals surface area contributed by atoms with Crippen molar-refractivity contribution < 1.29 is 4.39 Å². The second-order valence-corrected chi connectivity index (χ2v) is 6.54. The fourth-order valence-corrected chi connectivity index (χ4v) is 3.31. The van der Waals surface area contributed by atoms with E-state index in [1.165, 1.54) is 38.2 Å². The first kappa shape index (κ1) is 15.5. The summed E-state index contributed by atoms with van der Waals surface area (Å²) in [6.07, 6.45) is 7.61. The second kappa shape index (κ2) is 7.78. The van der Waals surface area contributed by atoms with E-state index in [4.69, 9.17) is 0 Å². The SMILES string of the molecule is CC(C)C1CCCC(NCCc2cccc(F)c2)CC1. The van der Waals surface area contributed by atoms with Crippen molar-refractivity contribution in [1.29, 1.82) is 0 Å². The molecule has 0 aromatic heterocycles. The van der Waals surface area contributed by atoms with Crippen LogP contribution < -0.4 is 5.32 Å². The van der Waals surface area contributed by atoms with Crippen LogP contribution >= 0.6 is 0 Å². The minimum Gasteiger partial charge on any atom is -0.314 e. The van der Waals surface area contributed by atoms with Crippen LogP contribution in [-0.4, -0.2) is 12.6 Å². The Hall–Kier alpha value is -0.890. The van der Waals surface area contributed by atoms with Gasteiger partial charge in [0.2, 0.25) is 0 Å². The van der Waals surface area contributed by atoms with Crippen molar-refractivity contribution in [3.05, 3.63) is 35.6 Å². The molecule has 1 N–H and O–H groups in total. The van der Waals surface area contributed by atoms with E-state index in [1.807, 2.05) is 6.07 Å². The van der Waals surface area contributed by atoms with Gasteiger partial charge in [-0.3, -0.25) is 0 Å². The van der Waals surface area contributed by atoms with Crippen LogP contribution in [0.3, 0.4) is 0 Å². The second-order valence-electron chi connectivity index (χ2n) is 6.54. The van der Waals surface area contributed by atoms with Gasteiger partial charge in [-0.25, -0.2) is 4.39 Å². The highest BCUT2D eigenvalue weighted by atomic mass is 19.1. The monoisotopic (exact) mass is 277 g/mol. The molecule has 2 atom stereocenters. The van der Waals surface area contributed by atoms with Crippen molar-refractivity contribution in [3.63, 3.8) is 0 Å². The van der Waals surface area contributed by atoms with Crippen molar-refractivity contribution in [2.75, 3.05) is 6.54 Å². The first-order valence-corrected chi connectivity index (χ1v) is 8.13.